The maximum Gasteiger partial charge on any atom is 0.338 e. The largest absolute Gasteiger partial charge is 0.462 e. The van der Waals surface area contributed by atoms with Crippen LogP contribution in [0, 0.1) is 0 Å². The molecule has 0 aromatic heterocycles. The fourth-order valence-corrected chi connectivity index (χ4v) is 2.25. The first kappa shape index (κ1) is 20.7. The molecule has 0 radical (unpaired) electrons. The number of hydrogen-bond acceptors (Lipinski definition) is 4. The van der Waals surface area contributed by atoms with Gasteiger partial charge in [-0.1, -0.05) is 42.5 Å². The maximum atomic E-state index is 12.1. The van der Waals surface area contributed by atoms with Crippen LogP contribution in [0.2, 0.25) is 0 Å². The van der Waals surface area contributed by atoms with Crippen LogP contribution >= 0.6 is 12.4 Å². The van der Waals surface area contributed by atoms with Gasteiger partial charge in [-0.05, 0) is 36.6 Å². The van der Waals surface area contributed by atoms with Crippen molar-refractivity contribution in [2.45, 2.75) is 25.9 Å². The van der Waals surface area contributed by atoms with Crippen molar-refractivity contribution in [2.24, 2.45) is 5.73 Å². The van der Waals surface area contributed by atoms with Gasteiger partial charge in [0.2, 0.25) is 5.91 Å². The molecule has 0 aliphatic carbocycles. The van der Waals surface area contributed by atoms with Crippen LogP contribution in [-0.4, -0.2) is 24.5 Å². The zero-order chi connectivity index (χ0) is 17.4. The second-order valence-electron chi connectivity index (χ2n) is 5.43. The fourth-order valence-electron chi connectivity index (χ4n) is 2.25. The van der Waals surface area contributed by atoms with E-state index in [1.54, 1.807) is 31.2 Å². The minimum atomic E-state index is -0.591. The minimum absolute atomic E-state index is 0. The molecular formula is C19H23ClN2O3. The fraction of sp³-hybridized carbons (Fsp3) is 0.263. The number of halogens is 1. The Hall–Kier alpha value is -2.37. The van der Waals surface area contributed by atoms with E-state index < -0.39 is 6.04 Å². The first-order chi connectivity index (χ1) is 11.6. The van der Waals surface area contributed by atoms with Crippen LogP contribution < -0.4 is 11.1 Å². The molecule has 134 valence electrons. The molecule has 5 nitrogen and oxygen atoms in total. The highest BCUT2D eigenvalue weighted by molar-refractivity contribution is 5.89. The summed E-state index contributed by atoms with van der Waals surface area (Å²) in [6, 6.07) is 16.0. The van der Waals surface area contributed by atoms with E-state index in [0.717, 1.165) is 11.1 Å². The van der Waals surface area contributed by atoms with E-state index in [1.165, 1.54) is 0 Å². The third kappa shape index (κ3) is 6.57. The molecule has 0 saturated heterocycles. The van der Waals surface area contributed by atoms with E-state index in [-0.39, 0.29) is 24.3 Å². The number of benzene rings is 2. The summed E-state index contributed by atoms with van der Waals surface area (Å²) in [5, 5.41) is 2.81. The SMILES string of the molecule is CCOC(=O)c1ccc(CNC(=O)[C@@H](N)Cc2ccccc2)cc1.Cl. The molecule has 0 heterocycles. The van der Waals surface area contributed by atoms with Crippen LogP contribution in [0.4, 0.5) is 0 Å². The molecule has 2 aromatic rings. The number of hydrogen-bond donors (Lipinski definition) is 2. The van der Waals surface area contributed by atoms with Gasteiger partial charge in [-0.2, -0.15) is 0 Å². The molecule has 0 spiro atoms. The van der Waals surface area contributed by atoms with Gasteiger partial charge in [-0.3, -0.25) is 4.79 Å². The molecule has 2 rings (SSSR count). The summed E-state index contributed by atoms with van der Waals surface area (Å²) in [5.74, 6) is -0.550. The number of carbonyl (C=O) groups is 2. The Kier molecular flexibility index (Phi) is 8.67. The Labute approximate surface area is 154 Å². The molecule has 25 heavy (non-hydrogen) atoms. The van der Waals surface area contributed by atoms with E-state index in [4.69, 9.17) is 10.5 Å². The normalized spacial score (nSPS) is 11.1. The Morgan fingerprint density at radius 3 is 2.28 bits per heavy atom. The molecule has 0 aliphatic heterocycles. The zero-order valence-corrected chi connectivity index (χ0v) is 14.9. The molecule has 0 bridgehead atoms. The summed E-state index contributed by atoms with van der Waals surface area (Å²) in [7, 11) is 0. The van der Waals surface area contributed by atoms with Crippen LogP contribution in [0.25, 0.3) is 0 Å². The van der Waals surface area contributed by atoms with Crippen molar-refractivity contribution in [2.75, 3.05) is 6.61 Å². The third-order valence-corrected chi connectivity index (χ3v) is 3.57. The van der Waals surface area contributed by atoms with Crippen LogP contribution in [0.3, 0.4) is 0 Å². The quantitative estimate of drug-likeness (QED) is 0.741. The van der Waals surface area contributed by atoms with Crippen LogP contribution in [0.5, 0.6) is 0 Å². The van der Waals surface area contributed by atoms with Gasteiger partial charge in [0.1, 0.15) is 0 Å². The van der Waals surface area contributed by atoms with Gasteiger partial charge >= 0.3 is 5.97 Å². The monoisotopic (exact) mass is 362 g/mol. The lowest BCUT2D eigenvalue weighted by Gasteiger charge is -2.12. The summed E-state index contributed by atoms with van der Waals surface area (Å²) in [5.41, 5.74) is 8.35. The number of nitrogens with two attached hydrogens (primary N) is 1. The van der Waals surface area contributed by atoms with E-state index >= 15 is 0 Å². The van der Waals surface area contributed by atoms with E-state index in [2.05, 4.69) is 5.32 Å². The van der Waals surface area contributed by atoms with Gasteiger partial charge in [-0.25, -0.2) is 4.79 Å². The van der Waals surface area contributed by atoms with Crippen LogP contribution in [0.1, 0.15) is 28.4 Å². The van der Waals surface area contributed by atoms with E-state index in [0.29, 0.717) is 25.1 Å². The van der Waals surface area contributed by atoms with Gasteiger partial charge in [-0.15, -0.1) is 12.4 Å². The lowest BCUT2D eigenvalue weighted by atomic mass is 10.1. The Bertz CT molecular complexity index is 675. The smallest absolute Gasteiger partial charge is 0.338 e. The first-order valence-electron chi connectivity index (χ1n) is 7.93. The van der Waals surface area contributed by atoms with Gasteiger partial charge in [0, 0.05) is 6.54 Å². The zero-order valence-electron chi connectivity index (χ0n) is 14.1. The number of amides is 1. The van der Waals surface area contributed by atoms with Crippen molar-refractivity contribution in [3.8, 4) is 0 Å². The average Bonchev–Trinajstić information content (AvgIpc) is 2.61. The second-order valence-corrected chi connectivity index (χ2v) is 5.43. The van der Waals surface area contributed by atoms with Crippen LogP contribution in [-0.2, 0) is 22.5 Å². The van der Waals surface area contributed by atoms with Gasteiger partial charge in [0.25, 0.3) is 0 Å². The Morgan fingerprint density at radius 2 is 1.68 bits per heavy atom. The minimum Gasteiger partial charge on any atom is -0.462 e. The highest BCUT2D eigenvalue weighted by Crippen LogP contribution is 2.07. The molecule has 1 atom stereocenters. The molecular weight excluding hydrogens is 340 g/mol. The third-order valence-electron chi connectivity index (χ3n) is 3.57. The summed E-state index contributed by atoms with van der Waals surface area (Å²) in [6.45, 7) is 2.47. The van der Waals surface area contributed by atoms with Crippen LogP contribution in [0.15, 0.2) is 54.6 Å². The number of esters is 1. The highest BCUT2D eigenvalue weighted by atomic mass is 35.5. The first-order valence-corrected chi connectivity index (χ1v) is 7.93. The second kappa shape index (κ2) is 10.5. The maximum absolute atomic E-state index is 12.1. The lowest BCUT2D eigenvalue weighted by Crippen LogP contribution is -2.41. The molecule has 3 N–H and O–H groups in total. The summed E-state index contributed by atoms with van der Waals surface area (Å²) < 4.78 is 4.93. The van der Waals surface area contributed by atoms with Crippen molar-refractivity contribution in [1.29, 1.82) is 0 Å². The van der Waals surface area contributed by atoms with Gasteiger partial charge < -0.3 is 15.8 Å². The van der Waals surface area contributed by atoms with Crippen molar-refractivity contribution in [3.63, 3.8) is 0 Å². The molecule has 6 heteroatoms. The summed E-state index contributed by atoms with van der Waals surface area (Å²) >= 11 is 0. The molecule has 1 amide bonds. The number of rotatable bonds is 7. The molecule has 0 fully saturated rings. The standard InChI is InChI=1S/C19H22N2O3.ClH/c1-2-24-19(23)16-10-8-15(9-11-16)13-21-18(22)17(20)12-14-6-4-3-5-7-14;/h3-11,17H,2,12-13,20H2,1H3,(H,21,22);1H/t17-;/m0./s1. The summed E-state index contributed by atoms with van der Waals surface area (Å²) in [4.78, 5) is 23.6. The van der Waals surface area contributed by atoms with Crippen molar-refractivity contribution in [1.82, 2.24) is 5.32 Å². The van der Waals surface area contributed by atoms with Gasteiger partial charge in [0.15, 0.2) is 0 Å². The van der Waals surface area contributed by atoms with Crippen molar-refractivity contribution in [3.05, 3.63) is 71.3 Å². The molecule has 0 unspecified atom stereocenters. The molecule has 0 aliphatic rings. The number of carbonyl (C=O) groups excluding carboxylic acids is 2. The Balaban J connectivity index is 0.00000312. The topological polar surface area (TPSA) is 81.4 Å². The summed E-state index contributed by atoms with van der Waals surface area (Å²) in [6.07, 6.45) is 0.495. The Morgan fingerprint density at radius 1 is 1.04 bits per heavy atom. The van der Waals surface area contributed by atoms with Crippen molar-refractivity contribution >= 4 is 24.3 Å². The number of ether oxygens (including phenoxy) is 1. The van der Waals surface area contributed by atoms with E-state index in [9.17, 15) is 9.59 Å². The van der Waals surface area contributed by atoms with Gasteiger partial charge in [0.05, 0.1) is 18.2 Å². The van der Waals surface area contributed by atoms with E-state index in [1.807, 2.05) is 30.3 Å². The highest BCUT2D eigenvalue weighted by Gasteiger charge is 2.13. The predicted molar refractivity (Wildman–Crippen MR) is 99.6 cm³/mol. The van der Waals surface area contributed by atoms with Crippen molar-refractivity contribution < 1.29 is 14.3 Å². The number of nitrogens with one attached hydrogen (secondary N) is 1. The average molecular weight is 363 g/mol. The molecule has 0 saturated carbocycles. The lowest BCUT2D eigenvalue weighted by molar-refractivity contribution is -0.122. The predicted octanol–water partition coefficient (Wildman–Crippen LogP) is 2.47. The molecule has 2 aromatic carbocycles.